The summed E-state index contributed by atoms with van der Waals surface area (Å²) in [6.07, 6.45) is 6.20. The van der Waals surface area contributed by atoms with Crippen LogP contribution in [0.5, 0.6) is 0 Å². The van der Waals surface area contributed by atoms with Gasteiger partial charge in [0, 0.05) is 28.0 Å². The third kappa shape index (κ3) is 4.95. The van der Waals surface area contributed by atoms with Crippen LogP contribution in [0.4, 0.5) is 11.4 Å². The van der Waals surface area contributed by atoms with Crippen molar-refractivity contribution in [1.82, 2.24) is 4.90 Å². The van der Waals surface area contributed by atoms with Crippen molar-refractivity contribution in [3.05, 3.63) is 83.3 Å². The quantitative estimate of drug-likeness (QED) is 0.486. The molecule has 0 radical (unpaired) electrons. The molecule has 3 aromatic rings. The Bertz CT molecular complexity index is 1230. The number of likely N-dealkylation sites (tertiary alicyclic amines) is 1. The van der Waals surface area contributed by atoms with Gasteiger partial charge in [0.05, 0.1) is 6.26 Å². The van der Waals surface area contributed by atoms with Crippen molar-refractivity contribution < 1.29 is 18.8 Å². The van der Waals surface area contributed by atoms with E-state index in [-0.39, 0.29) is 29.5 Å². The van der Waals surface area contributed by atoms with Crippen LogP contribution in [-0.2, 0) is 4.79 Å². The molecule has 0 spiro atoms. The van der Waals surface area contributed by atoms with E-state index in [9.17, 15) is 14.4 Å². The summed E-state index contributed by atoms with van der Waals surface area (Å²) >= 11 is 6.13. The number of benzene rings is 2. The molecule has 0 bridgehead atoms. The van der Waals surface area contributed by atoms with Crippen LogP contribution in [0.2, 0.25) is 5.02 Å². The van der Waals surface area contributed by atoms with E-state index in [4.69, 9.17) is 16.0 Å². The molecule has 180 valence electrons. The minimum Gasteiger partial charge on any atom is -0.459 e. The largest absolute Gasteiger partial charge is 0.459 e. The predicted molar refractivity (Wildman–Crippen MR) is 134 cm³/mol. The van der Waals surface area contributed by atoms with E-state index in [0.717, 1.165) is 25.7 Å². The van der Waals surface area contributed by atoms with Crippen LogP contribution in [0.3, 0.4) is 0 Å². The second-order valence-corrected chi connectivity index (χ2v) is 9.52. The summed E-state index contributed by atoms with van der Waals surface area (Å²) in [5, 5.41) is 6.20. The maximum absolute atomic E-state index is 13.5. The molecule has 7 nitrogen and oxygen atoms in total. The molecule has 1 aliphatic carbocycles. The second-order valence-electron chi connectivity index (χ2n) is 9.08. The molecular formula is C27H26ClN3O4. The molecule has 8 heteroatoms. The molecule has 2 aromatic carbocycles. The monoisotopic (exact) mass is 491 g/mol. The molecule has 2 aliphatic rings. The van der Waals surface area contributed by atoms with Crippen molar-refractivity contribution in [1.29, 1.82) is 0 Å². The zero-order valence-corrected chi connectivity index (χ0v) is 19.8. The number of furan rings is 1. The van der Waals surface area contributed by atoms with Gasteiger partial charge >= 0.3 is 0 Å². The van der Waals surface area contributed by atoms with Crippen molar-refractivity contribution in [3.63, 3.8) is 0 Å². The van der Waals surface area contributed by atoms with Crippen LogP contribution >= 0.6 is 11.6 Å². The number of halogens is 1. The van der Waals surface area contributed by atoms with Gasteiger partial charge in [-0.3, -0.25) is 14.4 Å². The Morgan fingerprint density at radius 3 is 2.37 bits per heavy atom. The molecule has 1 saturated carbocycles. The number of hydrogen-bond donors (Lipinski definition) is 2. The Labute approximate surface area is 208 Å². The van der Waals surface area contributed by atoms with Crippen LogP contribution in [0.25, 0.3) is 0 Å². The fraction of sp³-hybridized carbons (Fsp3) is 0.296. The number of nitrogens with zero attached hydrogens (tertiary/aromatic N) is 1. The van der Waals surface area contributed by atoms with E-state index in [0.29, 0.717) is 34.3 Å². The van der Waals surface area contributed by atoms with E-state index in [1.807, 2.05) is 0 Å². The fourth-order valence-corrected chi connectivity index (χ4v) is 5.41. The Kier molecular flexibility index (Phi) is 6.59. The minimum absolute atomic E-state index is 0.0603. The first-order chi connectivity index (χ1) is 17.0. The summed E-state index contributed by atoms with van der Waals surface area (Å²) in [6.45, 7) is 0. The van der Waals surface area contributed by atoms with E-state index in [2.05, 4.69) is 10.6 Å². The van der Waals surface area contributed by atoms with Gasteiger partial charge in [0.25, 0.3) is 11.8 Å². The predicted octanol–water partition coefficient (Wildman–Crippen LogP) is 5.60. The normalized spacial score (nSPS) is 21.3. The molecule has 2 heterocycles. The lowest BCUT2D eigenvalue weighted by atomic mass is 9.84. The number of hydrogen-bond acceptors (Lipinski definition) is 4. The summed E-state index contributed by atoms with van der Waals surface area (Å²) in [4.78, 5) is 40.8. The highest BCUT2D eigenvalue weighted by molar-refractivity contribution is 6.31. The summed E-state index contributed by atoms with van der Waals surface area (Å²) in [5.74, 6) is -0.174. The SMILES string of the molecule is O=C(Nc1ccc(NC(=O)C2CC3CCCCC3N2C(=O)c2cccc(Cl)c2)cc1)c1ccco1. The summed E-state index contributed by atoms with van der Waals surface area (Å²) in [6, 6.07) is 16.5. The first-order valence-corrected chi connectivity index (χ1v) is 12.2. The highest BCUT2D eigenvalue weighted by atomic mass is 35.5. The summed E-state index contributed by atoms with van der Waals surface area (Å²) < 4.78 is 5.10. The number of nitrogens with one attached hydrogen (secondary N) is 2. The topological polar surface area (TPSA) is 91.7 Å². The lowest BCUT2D eigenvalue weighted by Crippen LogP contribution is -2.47. The van der Waals surface area contributed by atoms with Gasteiger partial charge in [-0.2, -0.15) is 0 Å². The molecule has 1 aromatic heterocycles. The maximum Gasteiger partial charge on any atom is 0.291 e. The van der Waals surface area contributed by atoms with Gasteiger partial charge < -0.3 is 20.0 Å². The molecule has 1 aliphatic heterocycles. The highest BCUT2D eigenvalue weighted by Gasteiger charge is 2.47. The van der Waals surface area contributed by atoms with Crippen molar-refractivity contribution in [2.24, 2.45) is 5.92 Å². The molecule has 3 unspecified atom stereocenters. The van der Waals surface area contributed by atoms with E-state index in [1.54, 1.807) is 65.6 Å². The smallest absolute Gasteiger partial charge is 0.291 e. The van der Waals surface area contributed by atoms with Gasteiger partial charge in [-0.25, -0.2) is 0 Å². The van der Waals surface area contributed by atoms with Gasteiger partial charge in [0.1, 0.15) is 6.04 Å². The van der Waals surface area contributed by atoms with Gasteiger partial charge in [0.15, 0.2) is 5.76 Å². The third-order valence-corrected chi connectivity index (χ3v) is 7.09. The van der Waals surface area contributed by atoms with Crippen LogP contribution in [-0.4, -0.2) is 34.7 Å². The molecule has 1 saturated heterocycles. The van der Waals surface area contributed by atoms with Gasteiger partial charge in [-0.15, -0.1) is 0 Å². The Hall–Kier alpha value is -3.58. The second kappa shape index (κ2) is 9.96. The van der Waals surface area contributed by atoms with E-state index in [1.165, 1.54) is 6.26 Å². The zero-order chi connectivity index (χ0) is 24.4. The Morgan fingerprint density at radius 1 is 0.914 bits per heavy atom. The highest BCUT2D eigenvalue weighted by Crippen LogP contribution is 2.41. The number of carbonyl (C=O) groups is 3. The van der Waals surface area contributed by atoms with Crippen molar-refractivity contribution >= 4 is 40.7 Å². The number of carbonyl (C=O) groups excluding carboxylic acids is 3. The van der Waals surface area contributed by atoms with E-state index >= 15 is 0 Å². The fourth-order valence-electron chi connectivity index (χ4n) is 5.22. The maximum atomic E-state index is 13.5. The Morgan fingerprint density at radius 2 is 1.66 bits per heavy atom. The summed E-state index contributed by atoms with van der Waals surface area (Å²) in [7, 11) is 0. The van der Waals surface area contributed by atoms with E-state index < -0.39 is 6.04 Å². The number of anilines is 2. The summed E-state index contributed by atoms with van der Waals surface area (Å²) in [5.41, 5.74) is 1.67. The lowest BCUT2D eigenvalue weighted by Gasteiger charge is -2.33. The number of fused-ring (bicyclic) bond motifs is 1. The van der Waals surface area contributed by atoms with Crippen LogP contribution < -0.4 is 10.6 Å². The number of amides is 3. The molecule has 3 atom stereocenters. The first kappa shape index (κ1) is 23.2. The average molecular weight is 492 g/mol. The molecular weight excluding hydrogens is 466 g/mol. The zero-order valence-electron chi connectivity index (χ0n) is 19.1. The lowest BCUT2D eigenvalue weighted by molar-refractivity contribution is -0.120. The van der Waals surface area contributed by atoms with Crippen LogP contribution in [0.15, 0.2) is 71.3 Å². The first-order valence-electron chi connectivity index (χ1n) is 11.8. The van der Waals surface area contributed by atoms with Gasteiger partial charge in [-0.05, 0) is 79.8 Å². The average Bonchev–Trinajstić information content (AvgIpc) is 3.53. The third-order valence-electron chi connectivity index (χ3n) is 6.85. The number of rotatable bonds is 5. The van der Waals surface area contributed by atoms with Crippen molar-refractivity contribution in [2.75, 3.05) is 10.6 Å². The van der Waals surface area contributed by atoms with Crippen LogP contribution in [0, 0.1) is 5.92 Å². The molecule has 5 rings (SSSR count). The minimum atomic E-state index is -0.548. The van der Waals surface area contributed by atoms with Gasteiger partial charge in [0.2, 0.25) is 5.91 Å². The molecule has 35 heavy (non-hydrogen) atoms. The van der Waals surface area contributed by atoms with Crippen molar-refractivity contribution in [3.8, 4) is 0 Å². The molecule has 2 fully saturated rings. The van der Waals surface area contributed by atoms with Crippen molar-refractivity contribution in [2.45, 2.75) is 44.2 Å². The van der Waals surface area contributed by atoms with Crippen LogP contribution in [0.1, 0.15) is 53.0 Å². The molecule has 2 N–H and O–H groups in total. The standard InChI is InChI=1S/C27H26ClN3O4/c28-19-7-3-6-18(15-19)27(34)31-22-8-2-1-5-17(22)16-23(31)25(32)29-20-10-12-21(13-11-20)30-26(33)24-9-4-14-35-24/h3-4,6-7,9-15,17,22-23H,1-2,5,8,16H2,(H,29,32)(H,30,33). The van der Waals surface area contributed by atoms with Gasteiger partial charge in [-0.1, -0.05) is 30.5 Å². The molecule has 3 amide bonds. The Balaban J connectivity index is 1.30.